The Morgan fingerprint density at radius 1 is 1.50 bits per heavy atom. The van der Waals surface area contributed by atoms with E-state index in [1.165, 1.54) is 7.11 Å². The molecule has 0 aliphatic rings. The zero-order valence-electron chi connectivity index (χ0n) is 7.42. The van der Waals surface area contributed by atoms with Crippen molar-refractivity contribution in [2.45, 2.75) is 0 Å². The molecular formula is C6H7N3O5. The van der Waals surface area contributed by atoms with Crippen LogP contribution in [0.5, 0.6) is 5.88 Å². The minimum absolute atomic E-state index is 0.150. The molecule has 0 unspecified atom stereocenters. The van der Waals surface area contributed by atoms with E-state index >= 15 is 0 Å². The SMILES string of the molecule is COc1nonc1C(=O)N(C)C(=O)O. The number of nitrogens with zero attached hydrogens (tertiary/aromatic N) is 3. The van der Waals surface area contributed by atoms with E-state index in [0.29, 0.717) is 4.90 Å². The van der Waals surface area contributed by atoms with Crippen LogP contribution in [-0.4, -0.2) is 46.5 Å². The second-order valence-electron chi connectivity index (χ2n) is 2.27. The van der Waals surface area contributed by atoms with Crippen LogP contribution in [0.25, 0.3) is 0 Å². The quantitative estimate of drug-likeness (QED) is 0.707. The van der Waals surface area contributed by atoms with E-state index in [2.05, 4.69) is 19.7 Å². The van der Waals surface area contributed by atoms with Gasteiger partial charge in [-0.3, -0.25) is 4.79 Å². The van der Waals surface area contributed by atoms with Gasteiger partial charge < -0.3 is 9.84 Å². The predicted molar refractivity (Wildman–Crippen MR) is 41.0 cm³/mol. The Morgan fingerprint density at radius 3 is 2.64 bits per heavy atom. The number of ether oxygens (including phenoxy) is 1. The van der Waals surface area contributed by atoms with Crippen molar-refractivity contribution in [3.05, 3.63) is 5.69 Å². The zero-order chi connectivity index (χ0) is 10.7. The minimum Gasteiger partial charge on any atom is -0.477 e. The van der Waals surface area contributed by atoms with Crippen molar-refractivity contribution in [3.63, 3.8) is 0 Å². The number of amides is 2. The Morgan fingerprint density at radius 2 is 2.14 bits per heavy atom. The highest BCUT2D eigenvalue weighted by Gasteiger charge is 2.25. The van der Waals surface area contributed by atoms with Crippen LogP contribution in [0.3, 0.4) is 0 Å². The number of imide groups is 1. The fraction of sp³-hybridized carbons (Fsp3) is 0.333. The largest absolute Gasteiger partial charge is 0.477 e. The molecule has 1 heterocycles. The summed E-state index contributed by atoms with van der Waals surface area (Å²) in [6.07, 6.45) is -1.40. The standard InChI is InChI=1S/C6H7N3O5/c1-9(6(11)12)5(10)3-4(13-2)8-14-7-3/h1-2H3,(H,11,12). The van der Waals surface area contributed by atoms with E-state index in [0.717, 1.165) is 7.05 Å². The third-order valence-corrected chi connectivity index (χ3v) is 1.45. The number of carbonyl (C=O) groups is 2. The van der Waals surface area contributed by atoms with Gasteiger partial charge >= 0.3 is 6.09 Å². The molecule has 2 amide bonds. The van der Waals surface area contributed by atoms with Gasteiger partial charge in [-0.05, 0) is 10.3 Å². The molecule has 1 N–H and O–H groups in total. The lowest BCUT2D eigenvalue weighted by Crippen LogP contribution is -2.32. The number of hydrogen-bond acceptors (Lipinski definition) is 6. The van der Waals surface area contributed by atoms with Gasteiger partial charge in [0.1, 0.15) is 0 Å². The van der Waals surface area contributed by atoms with Gasteiger partial charge in [0.25, 0.3) is 11.8 Å². The third kappa shape index (κ3) is 1.63. The van der Waals surface area contributed by atoms with Crippen molar-refractivity contribution in [2.24, 2.45) is 0 Å². The van der Waals surface area contributed by atoms with E-state index < -0.39 is 12.0 Å². The monoisotopic (exact) mass is 201 g/mol. The van der Waals surface area contributed by atoms with Gasteiger partial charge in [0.15, 0.2) is 0 Å². The fourth-order valence-corrected chi connectivity index (χ4v) is 0.691. The number of hydrogen-bond donors (Lipinski definition) is 1. The Bertz CT molecular complexity index is 360. The normalized spacial score (nSPS) is 9.57. The van der Waals surface area contributed by atoms with Gasteiger partial charge in [0.2, 0.25) is 5.69 Å². The summed E-state index contributed by atoms with van der Waals surface area (Å²) < 4.78 is 8.85. The molecule has 0 atom stereocenters. The van der Waals surface area contributed by atoms with E-state index in [1.807, 2.05) is 0 Å². The van der Waals surface area contributed by atoms with Gasteiger partial charge in [0.05, 0.1) is 7.11 Å². The molecule has 1 aromatic rings. The van der Waals surface area contributed by atoms with Gasteiger partial charge in [-0.1, -0.05) is 0 Å². The molecule has 0 aromatic carbocycles. The van der Waals surface area contributed by atoms with Gasteiger partial charge in [-0.15, -0.1) is 0 Å². The Kier molecular flexibility index (Phi) is 2.65. The van der Waals surface area contributed by atoms with Crippen LogP contribution < -0.4 is 4.74 Å². The van der Waals surface area contributed by atoms with Crippen molar-refractivity contribution < 1.29 is 24.1 Å². The third-order valence-electron chi connectivity index (χ3n) is 1.45. The molecule has 8 heteroatoms. The van der Waals surface area contributed by atoms with Crippen LogP contribution >= 0.6 is 0 Å². The van der Waals surface area contributed by atoms with Crippen molar-refractivity contribution in [1.82, 2.24) is 15.2 Å². The summed E-state index contributed by atoms with van der Waals surface area (Å²) in [6, 6.07) is 0. The number of aromatic nitrogens is 2. The smallest absolute Gasteiger partial charge is 0.414 e. The van der Waals surface area contributed by atoms with E-state index in [1.54, 1.807) is 0 Å². The van der Waals surface area contributed by atoms with Crippen LogP contribution in [0.1, 0.15) is 10.5 Å². The molecule has 0 bridgehead atoms. The van der Waals surface area contributed by atoms with Crippen LogP contribution in [0, 0.1) is 0 Å². The zero-order valence-corrected chi connectivity index (χ0v) is 7.42. The maximum atomic E-state index is 11.3. The van der Waals surface area contributed by atoms with Gasteiger partial charge in [-0.2, -0.15) is 0 Å². The van der Waals surface area contributed by atoms with Crippen LogP contribution in [0.4, 0.5) is 4.79 Å². The molecule has 8 nitrogen and oxygen atoms in total. The molecule has 0 saturated carbocycles. The molecule has 1 rings (SSSR count). The number of carbonyl (C=O) groups excluding carboxylic acids is 1. The first-order valence-electron chi connectivity index (χ1n) is 3.45. The molecule has 1 aromatic heterocycles. The molecule has 0 saturated heterocycles. The number of carboxylic acid groups (broad SMARTS) is 1. The highest BCUT2D eigenvalue weighted by atomic mass is 16.6. The number of methoxy groups -OCH3 is 1. The van der Waals surface area contributed by atoms with Crippen LogP contribution in [0.2, 0.25) is 0 Å². The lowest BCUT2D eigenvalue weighted by atomic mass is 10.4. The molecule has 76 valence electrons. The Balaban J connectivity index is 2.94. The highest BCUT2D eigenvalue weighted by Crippen LogP contribution is 2.13. The topological polar surface area (TPSA) is 106 Å². The summed E-state index contributed by atoms with van der Waals surface area (Å²) in [5.41, 5.74) is -0.280. The Labute approximate surface area is 78.0 Å². The van der Waals surface area contributed by atoms with E-state index in [4.69, 9.17) is 5.11 Å². The summed E-state index contributed by atoms with van der Waals surface area (Å²) in [5, 5.41) is 15.0. The van der Waals surface area contributed by atoms with E-state index in [-0.39, 0.29) is 11.6 Å². The molecule has 14 heavy (non-hydrogen) atoms. The van der Waals surface area contributed by atoms with Crippen molar-refractivity contribution >= 4 is 12.0 Å². The molecule has 0 aliphatic carbocycles. The molecule has 0 radical (unpaired) electrons. The molecule has 0 fully saturated rings. The van der Waals surface area contributed by atoms with Crippen molar-refractivity contribution in [1.29, 1.82) is 0 Å². The summed E-state index contributed by atoms with van der Waals surface area (Å²) in [6.45, 7) is 0. The van der Waals surface area contributed by atoms with Crippen molar-refractivity contribution in [3.8, 4) is 5.88 Å². The first-order chi connectivity index (χ1) is 6.57. The second-order valence-corrected chi connectivity index (χ2v) is 2.27. The lowest BCUT2D eigenvalue weighted by Gasteiger charge is -2.07. The predicted octanol–water partition coefficient (Wildman–Crippen LogP) is -0.172. The summed E-state index contributed by atoms with van der Waals surface area (Å²) in [4.78, 5) is 22.2. The summed E-state index contributed by atoms with van der Waals surface area (Å²) in [5.74, 6) is -1.02. The summed E-state index contributed by atoms with van der Waals surface area (Å²) >= 11 is 0. The maximum absolute atomic E-state index is 11.3. The minimum atomic E-state index is -1.40. The molecular weight excluding hydrogens is 194 g/mol. The number of rotatable bonds is 2. The van der Waals surface area contributed by atoms with E-state index in [9.17, 15) is 9.59 Å². The highest BCUT2D eigenvalue weighted by molar-refractivity contribution is 6.02. The average Bonchev–Trinajstić information content (AvgIpc) is 2.62. The van der Waals surface area contributed by atoms with Crippen LogP contribution in [0.15, 0.2) is 4.63 Å². The lowest BCUT2D eigenvalue weighted by molar-refractivity contribution is 0.0769. The maximum Gasteiger partial charge on any atom is 0.414 e. The first-order valence-corrected chi connectivity index (χ1v) is 3.45. The Hall–Kier alpha value is -2.12. The van der Waals surface area contributed by atoms with Gasteiger partial charge in [-0.25, -0.2) is 14.3 Å². The van der Waals surface area contributed by atoms with Crippen molar-refractivity contribution in [2.75, 3.05) is 14.2 Å². The molecule has 0 aliphatic heterocycles. The molecule has 0 spiro atoms. The fourth-order valence-electron chi connectivity index (χ4n) is 0.691. The average molecular weight is 201 g/mol. The first kappa shape index (κ1) is 9.96. The second kappa shape index (κ2) is 3.73. The van der Waals surface area contributed by atoms with Crippen LogP contribution in [-0.2, 0) is 0 Å². The van der Waals surface area contributed by atoms with Gasteiger partial charge in [0, 0.05) is 7.05 Å². The summed E-state index contributed by atoms with van der Waals surface area (Å²) in [7, 11) is 2.34.